The third-order valence-corrected chi connectivity index (χ3v) is 5.19. The Kier molecular flexibility index (Phi) is 5.90. The van der Waals surface area contributed by atoms with Crippen LogP contribution in [0.5, 0.6) is 0 Å². The molecule has 1 saturated heterocycles. The number of rotatable bonds is 7. The normalized spacial score (nSPS) is 26.0. The van der Waals surface area contributed by atoms with Crippen molar-refractivity contribution >= 4 is 17.0 Å². The van der Waals surface area contributed by atoms with Gasteiger partial charge in [0.1, 0.15) is 30.7 Å². The van der Waals surface area contributed by atoms with E-state index in [0.717, 1.165) is 0 Å². The van der Waals surface area contributed by atoms with Gasteiger partial charge in [0.2, 0.25) is 0 Å². The molecule has 4 unspecified atom stereocenters. The van der Waals surface area contributed by atoms with Gasteiger partial charge in [-0.25, -0.2) is 15.0 Å². The van der Waals surface area contributed by atoms with Crippen molar-refractivity contribution in [2.75, 3.05) is 18.5 Å². The zero-order valence-corrected chi connectivity index (χ0v) is 15.9. The number of aliphatic hydroxyl groups is 5. The Hall–Kier alpha value is -2.67. The van der Waals surface area contributed by atoms with Gasteiger partial charge < -0.3 is 35.6 Å². The van der Waals surface area contributed by atoms with Crippen LogP contribution in [0.4, 0.5) is 5.82 Å². The second-order valence-electron chi connectivity index (χ2n) is 7.06. The van der Waals surface area contributed by atoms with Gasteiger partial charge in [-0.2, -0.15) is 0 Å². The summed E-state index contributed by atoms with van der Waals surface area (Å²) in [6.07, 6.45) is -2.80. The van der Waals surface area contributed by atoms with Crippen molar-refractivity contribution in [3.63, 3.8) is 0 Å². The molecule has 0 saturated carbocycles. The average molecular weight is 417 g/mol. The van der Waals surface area contributed by atoms with E-state index in [9.17, 15) is 25.5 Å². The number of fused-ring (bicyclic) bond motifs is 1. The minimum Gasteiger partial charge on any atom is -0.394 e. The Morgan fingerprint density at radius 2 is 1.83 bits per heavy atom. The summed E-state index contributed by atoms with van der Waals surface area (Å²) in [6.45, 7) is -0.810. The Morgan fingerprint density at radius 1 is 1.07 bits per heavy atom. The summed E-state index contributed by atoms with van der Waals surface area (Å²) in [5, 5.41) is 53.0. The molecule has 30 heavy (non-hydrogen) atoms. The van der Waals surface area contributed by atoms with Crippen LogP contribution in [0.15, 0.2) is 43.0 Å². The third-order valence-electron chi connectivity index (χ3n) is 5.19. The lowest BCUT2D eigenvalue weighted by Crippen LogP contribution is -2.33. The standard InChI is InChI=1S/C19H23N5O6/c25-6-11(14(27)10-4-2-1-3-5-10)23-17-13-18(21-8-20-17)24(9-22-13)19-16(29)15(28)12(7-26)30-19/h1-5,8-9,11-12,14-16,19,25-29H,6-7H2,(H,20,21,23)/t11-,12?,14-,15?,16?,19?/m1/s1. The van der Waals surface area contributed by atoms with Gasteiger partial charge in [-0.1, -0.05) is 30.3 Å². The molecule has 11 heteroatoms. The highest BCUT2D eigenvalue weighted by molar-refractivity contribution is 5.82. The molecule has 1 fully saturated rings. The van der Waals surface area contributed by atoms with E-state index in [1.807, 2.05) is 6.07 Å². The van der Waals surface area contributed by atoms with Gasteiger partial charge >= 0.3 is 0 Å². The van der Waals surface area contributed by atoms with Crippen LogP contribution in [0.25, 0.3) is 11.2 Å². The van der Waals surface area contributed by atoms with Gasteiger partial charge in [0.25, 0.3) is 0 Å². The van der Waals surface area contributed by atoms with Crippen LogP contribution in [0.2, 0.25) is 0 Å². The summed E-state index contributed by atoms with van der Waals surface area (Å²) in [5.41, 5.74) is 1.27. The molecule has 6 N–H and O–H groups in total. The van der Waals surface area contributed by atoms with Gasteiger partial charge in [-0.15, -0.1) is 0 Å². The molecule has 1 aromatic carbocycles. The molecule has 0 bridgehead atoms. The van der Waals surface area contributed by atoms with E-state index < -0.39 is 43.3 Å². The zero-order chi connectivity index (χ0) is 21.3. The molecule has 0 amide bonds. The van der Waals surface area contributed by atoms with E-state index >= 15 is 0 Å². The number of aromatic nitrogens is 4. The summed E-state index contributed by atoms with van der Waals surface area (Å²) in [7, 11) is 0. The number of ether oxygens (including phenoxy) is 1. The molecular weight excluding hydrogens is 394 g/mol. The van der Waals surface area contributed by atoms with E-state index in [-0.39, 0.29) is 12.4 Å². The van der Waals surface area contributed by atoms with Crippen LogP contribution in [0, 0.1) is 0 Å². The monoisotopic (exact) mass is 417 g/mol. The van der Waals surface area contributed by atoms with Crippen molar-refractivity contribution in [3.05, 3.63) is 48.5 Å². The molecule has 1 aliphatic heterocycles. The van der Waals surface area contributed by atoms with Crippen molar-refractivity contribution < 1.29 is 30.3 Å². The summed E-state index contributed by atoms with van der Waals surface area (Å²) in [6, 6.07) is 8.15. The van der Waals surface area contributed by atoms with E-state index in [1.54, 1.807) is 24.3 Å². The van der Waals surface area contributed by atoms with Crippen molar-refractivity contribution in [1.29, 1.82) is 0 Å². The number of aliphatic hydroxyl groups excluding tert-OH is 5. The molecule has 0 spiro atoms. The fourth-order valence-electron chi connectivity index (χ4n) is 3.54. The van der Waals surface area contributed by atoms with Gasteiger partial charge in [-0.05, 0) is 5.56 Å². The Labute approximate surface area is 171 Å². The van der Waals surface area contributed by atoms with Crippen LogP contribution >= 0.6 is 0 Å². The highest BCUT2D eigenvalue weighted by atomic mass is 16.6. The van der Waals surface area contributed by atoms with Gasteiger partial charge in [0.15, 0.2) is 23.2 Å². The lowest BCUT2D eigenvalue weighted by molar-refractivity contribution is -0.0511. The first-order chi connectivity index (χ1) is 14.5. The number of hydrogen-bond acceptors (Lipinski definition) is 10. The quantitative estimate of drug-likeness (QED) is 0.279. The second kappa shape index (κ2) is 8.60. The molecule has 1 aliphatic rings. The van der Waals surface area contributed by atoms with Gasteiger partial charge in [0, 0.05) is 0 Å². The SMILES string of the molecule is OCC1OC(n2cnc3c(N[C@H](CO)[C@H](O)c4ccccc4)ncnc32)C(O)C1O. The van der Waals surface area contributed by atoms with Crippen LogP contribution in [-0.4, -0.2) is 82.6 Å². The van der Waals surface area contributed by atoms with Crippen LogP contribution in [0.3, 0.4) is 0 Å². The molecule has 3 heterocycles. The highest BCUT2D eigenvalue weighted by Gasteiger charge is 2.44. The first kappa shape index (κ1) is 20.6. The number of hydrogen-bond donors (Lipinski definition) is 6. The van der Waals surface area contributed by atoms with Crippen molar-refractivity contribution in [3.8, 4) is 0 Å². The molecule has 2 aromatic heterocycles. The molecule has 3 aromatic rings. The molecule has 11 nitrogen and oxygen atoms in total. The van der Waals surface area contributed by atoms with Crippen molar-refractivity contribution in [2.45, 2.75) is 36.7 Å². The van der Waals surface area contributed by atoms with E-state index in [2.05, 4.69) is 20.3 Å². The lowest BCUT2D eigenvalue weighted by atomic mass is 10.0. The van der Waals surface area contributed by atoms with Gasteiger partial charge in [-0.3, -0.25) is 4.57 Å². The molecule has 0 aliphatic carbocycles. The van der Waals surface area contributed by atoms with Crippen LogP contribution < -0.4 is 5.32 Å². The molecule has 4 rings (SSSR count). The first-order valence-electron chi connectivity index (χ1n) is 9.45. The maximum atomic E-state index is 10.6. The largest absolute Gasteiger partial charge is 0.394 e. The van der Waals surface area contributed by atoms with Gasteiger partial charge in [0.05, 0.1) is 25.6 Å². The maximum Gasteiger partial charge on any atom is 0.167 e. The fraction of sp³-hybridized carbons (Fsp3) is 0.421. The Morgan fingerprint density at radius 3 is 2.50 bits per heavy atom. The zero-order valence-electron chi connectivity index (χ0n) is 15.9. The fourth-order valence-corrected chi connectivity index (χ4v) is 3.54. The van der Waals surface area contributed by atoms with Crippen molar-refractivity contribution in [2.24, 2.45) is 0 Å². The van der Waals surface area contributed by atoms with Crippen molar-refractivity contribution in [1.82, 2.24) is 19.5 Å². The number of anilines is 1. The van der Waals surface area contributed by atoms with Crippen LogP contribution in [0.1, 0.15) is 17.9 Å². The number of imidazole rings is 1. The predicted octanol–water partition coefficient (Wildman–Crippen LogP) is -1.06. The second-order valence-corrected chi connectivity index (χ2v) is 7.06. The number of nitrogens with one attached hydrogen (secondary N) is 1. The lowest BCUT2D eigenvalue weighted by Gasteiger charge is -2.23. The smallest absolute Gasteiger partial charge is 0.167 e. The third kappa shape index (κ3) is 3.62. The Balaban J connectivity index is 1.62. The Bertz CT molecular complexity index is 986. The minimum absolute atomic E-state index is 0.277. The minimum atomic E-state index is -1.28. The summed E-state index contributed by atoms with van der Waals surface area (Å²) in [5.74, 6) is 0.277. The topological polar surface area (TPSA) is 166 Å². The highest BCUT2D eigenvalue weighted by Crippen LogP contribution is 2.32. The molecule has 160 valence electrons. The molecule has 0 radical (unpaired) electrons. The van der Waals surface area contributed by atoms with Crippen LogP contribution in [-0.2, 0) is 4.74 Å². The maximum absolute atomic E-state index is 10.6. The van der Waals surface area contributed by atoms with E-state index in [1.165, 1.54) is 17.2 Å². The number of nitrogens with zero attached hydrogens (tertiary/aromatic N) is 4. The first-order valence-corrected chi connectivity index (χ1v) is 9.45. The number of benzene rings is 1. The average Bonchev–Trinajstić information content (AvgIpc) is 3.33. The molecular formula is C19H23N5O6. The predicted molar refractivity (Wildman–Crippen MR) is 104 cm³/mol. The van der Waals surface area contributed by atoms with E-state index in [4.69, 9.17) is 4.74 Å². The summed E-state index contributed by atoms with van der Waals surface area (Å²) >= 11 is 0. The molecule has 6 atom stereocenters. The summed E-state index contributed by atoms with van der Waals surface area (Å²) in [4.78, 5) is 12.6. The van der Waals surface area contributed by atoms with E-state index in [0.29, 0.717) is 16.7 Å². The summed E-state index contributed by atoms with van der Waals surface area (Å²) < 4.78 is 6.98.